The second-order valence-electron chi connectivity index (χ2n) is 5.62. The van der Waals surface area contributed by atoms with Crippen LogP contribution in [0.5, 0.6) is 0 Å². The van der Waals surface area contributed by atoms with Crippen molar-refractivity contribution >= 4 is 0 Å². The fraction of sp³-hybridized carbons (Fsp3) is 0.625. The number of aryl methyl sites for hydroxylation is 1. The van der Waals surface area contributed by atoms with E-state index < -0.39 is 0 Å². The van der Waals surface area contributed by atoms with Gasteiger partial charge in [0, 0.05) is 13.1 Å². The number of nitrogens with zero attached hydrogens (tertiary/aromatic N) is 1. The third kappa shape index (κ3) is 3.12. The molecule has 0 spiro atoms. The molecule has 1 aromatic carbocycles. The van der Waals surface area contributed by atoms with Gasteiger partial charge in [-0.2, -0.15) is 0 Å². The molecule has 2 rings (SSSR count). The van der Waals surface area contributed by atoms with Gasteiger partial charge in [0.1, 0.15) is 0 Å². The number of benzene rings is 1. The number of nitrogens with two attached hydrogens (primary N) is 1. The molecule has 2 heteroatoms. The van der Waals surface area contributed by atoms with Crippen LogP contribution in [0.25, 0.3) is 0 Å². The number of piperidine rings is 1. The number of likely N-dealkylation sites (tertiary alicyclic amines) is 1. The molecule has 18 heavy (non-hydrogen) atoms. The average molecular weight is 246 g/mol. The zero-order valence-electron chi connectivity index (χ0n) is 11.7. The van der Waals surface area contributed by atoms with E-state index in [0.717, 1.165) is 32.0 Å². The highest BCUT2D eigenvalue weighted by atomic mass is 15.1. The summed E-state index contributed by atoms with van der Waals surface area (Å²) in [7, 11) is 0. The molecule has 0 saturated carbocycles. The molecule has 0 bridgehead atoms. The van der Waals surface area contributed by atoms with Gasteiger partial charge in [0.15, 0.2) is 0 Å². The largest absolute Gasteiger partial charge is 0.330 e. The van der Waals surface area contributed by atoms with E-state index in [1.54, 1.807) is 0 Å². The minimum absolute atomic E-state index is 0.674. The molecule has 2 atom stereocenters. The van der Waals surface area contributed by atoms with Gasteiger partial charge >= 0.3 is 0 Å². The van der Waals surface area contributed by atoms with E-state index in [-0.39, 0.29) is 0 Å². The molecular formula is C16H26N2. The Morgan fingerprint density at radius 3 is 2.67 bits per heavy atom. The highest BCUT2D eigenvalue weighted by Gasteiger charge is 2.25. The summed E-state index contributed by atoms with van der Waals surface area (Å²) >= 11 is 0. The summed E-state index contributed by atoms with van der Waals surface area (Å²) in [6.45, 7) is 8.88. The van der Waals surface area contributed by atoms with Crippen LogP contribution in [0.2, 0.25) is 0 Å². The van der Waals surface area contributed by atoms with Crippen molar-refractivity contribution in [2.45, 2.75) is 33.2 Å². The Morgan fingerprint density at radius 2 is 2.00 bits per heavy atom. The fourth-order valence-electron chi connectivity index (χ4n) is 2.97. The summed E-state index contributed by atoms with van der Waals surface area (Å²) in [6, 6.07) is 8.82. The second kappa shape index (κ2) is 6.35. The lowest BCUT2D eigenvalue weighted by molar-refractivity contribution is 0.126. The van der Waals surface area contributed by atoms with Gasteiger partial charge in [0.2, 0.25) is 0 Å². The van der Waals surface area contributed by atoms with Crippen molar-refractivity contribution in [2.24, 2.45) is 17.6 Å². The summed E-state index contributed by atoms with van der Waals surface area (Å²) in [5.41, 5.74) is 8.86. The Morgan fingerprint density at radius 1 is 1.28 bits per heavy atom. The van der Waals surface area contributed by atoms with Gasteiger partial charge in [-0.25, -0.2) is 0 Å². The van der Waals surface area contributed by atoms with Crippen molar-refractivity contribution in [3.63, 3.8) is 0 Å². The van der Waals surface area contributed by atoms with Crippen LogP contribution in [0.15, 0.2) is 24.3 Å². The number of rotatable bonds is 4. The third-order valence-corrected chi connectivity index (χ3v) is 4.39. The Labute approximate surface area is 111 Å². The van der Waals surface area contributed by atoms with Crippen molar-refractivity contribution < 1.29 is 0 Å². The van der Waals surface area contributed by atoms with E-state index >= 15 is 0 Å². The van der Waals surface area contributed by atoms with Crippen molar-refractivity contribution in [3.8, 4) is 0 Å². The molecule has 0 aliphatic carbocycles. The smallest absolute Gasteiger partial charge is 0.0236 e. The van der Waals surface area contributed by atoms with E-state index in [0.29, 0.717) is 5.92 Å². The predicted octanol–water partition coefficient (Wildman–Crippen LogP) is 2.67. The van der Waals surface area contributed by atoms with Gasteiger partial charge in [-0.15, -0.1) is 0 Å². The maximum absolute atomic E-state index is 5.88. The van der Waals surface area contributed by atoms with Crippen LogP contribution in [0.4, 0.5) is 0 Å². The second-order valence-corrected chi connectivity index (χ2v) is 5.62. The first-order valence-corrected chi connectivity index (χ1v) is 7.23. The van der Waals surface area contributed by atoms with E-state index in [1.807, 2.05) is 0 Å². The standard InChI is InChI=1S/C16H26N2/c1-3-14-6-4-5-7-15(14)11-18-9-8-13(2)16(10-17)12-18/h4-7,13,16H,3,8-12,17H2,1-2H3. The molecule has 1 aliphatic heterocycles. The fourth-order valence-corrected chi connectivity index (χ4v) is 2.97. The zero-order valence-corrected chi connectivity index (χ0v) is 11.7. The van der Waals surface area contributed by atoms with Crippen molar-refractivity contribution in [3.05, 3.63) is 35.4 Å². The Hall–Kier alpha value is -0.860. The van der Waals surface area contributed by atoms with Crippen molar-refractivity contribution in [1.29, 1.82) is 0 Å². The van der Waals surface area contributed by atoms with Gasteiger partial charge in [-0.1, -0.05) is 38.1 Å². The van der Waals surface area contributed by atoms with Crippen molar-refractivity contribution in [2.75, 3.05) is 19.6 Å². The molecule has 1 aromatic rings. The van der Waals surface area contributed by atoms with Crippen molar-refractivity contribution in [1.82, 2.24) is 4.90 Å². The molecule has 0 amide bonds. The molecule has 100 valence electrons. The van der Waals surface area contributed by atoms with Gasteiger partial charge < -0.3 is 5.73 Å². The van der Waals surface area contributed by atoms with Crippen LogP contribution in [0.3, 0.4) is 0 Å². The Bertz CT molecular complexity index is 375. The van der Waals surface area contributed by atoms with Crippen LogP contribution in [-0.4, -0.2) is 24.5 Å². The Balaban J connectivity index is 2.01. The highest BCUT2D eigenvalue weighted by molar-refractivity contribution is 5.26. The van der Waals surface area contributed by atoms with Gasteiger partial charge in [-0.05, 0) is 48.9 Å². The zero-order chi connectivity index (χ0) is 13.0. The van der Waals surface area contributed by atoms with E-state index in [2.05, 4.69) is 43.0 Å². The molecule has 2 N–H and O–H groups in total. The van der Waals surface area contributed by atoms with Gasteiger partial charge in [-0.3, -0.25) is 4.90 Å². The molecule has 1 aliphatic rings. The topological polar surface area (TPSA) is 29.3 Å². The minimum atomic E-state index is 0.674. The summed E-state index contributed by atoms with van der Waals surface area (Å²) in [5.74, 6) is 1.46. The molecule has 0 aromatic heterocycles. The predicted molar refractivity (Wildman–Crippen MR) is 77.4 cm³/mol. The van der Waals surface area contributed by atoms with E-state index in [4.69, 9.17) is 5.73 Å². The molecule has 2 unspecified atom stereocenters. The van der Waals surface area contributed by atoms with Crippen LogP contribution >= 0.6 is 0 Å². The lowest BCUT2D eigenvalue weighted by Gasteiger charge is -2.36. The SMILES string of the molecule is CCc1ccccc1CN1CCC(C)C(CN)C1. The molecule has 1 heterocycles. The molecule has 2 nitrogen and oxygen atoms in total. The molecule has 0 radical (unpaired) electrons. The van der Waals surface area contributed by atoms with Crippen LogP contribution in [-0.2, 0) is 13.0 Å². The first-order chi connectivity index (χ1) is 8.74. The molecular weight excluding hydrogens is 220 g/mol. The lowest BCUT2D eigenvalue weighted by atomic mass is 9.87. The van der Waals surface area contributed by atoms with E-state index in [9.17, 15) is 0 Å². The summed E-state index contributed by atoms with van der Waals surface area (Å²) < 4.78 is 0. The maximum Gasteiger partial charge on any atom is 0.0236 e. The first kappa shape index (κ1) is 13.6. The quantitative estimate of drug-likeness (QED) is 0.885. The van der Waals surface area contributed by atoms with Crippen LogP contribution < -0.4 is 5.73 Å². The summed E-state index contributed by atoms with van der Waals surface area (Å²) in [5, 5.41) is 0. The maximum atomic E-state index is 5.88. The van der Waals surface area contributed by atoms with Gasteiger partial charge in [0.05, 0.1) is 0 Å². The first-order valence-electron chi connectivity index (χ1n) is 7.23. The monoisotopic (exact) mass is 246 g/mol. The lowest BCUT2D eigenvalue weighted by Crippen LogP contribution is -2.42. The van der Waals surface area contributed by atoms with Crippen LogP contribution in [0.1, 0.15) is 31.4 Å². The van der Waals surface area contributed by atoms with Gasteiger partial charge in [0.25, 0.3) is 0 Å². The minimum Gasteiger partial charge on any atom is -0.330 e. The summed E-state index contributed by atoms with van der Waals surface area (Å²) in [4.78, 5) is 2.58. The average Bonchev–Trinajstić information content (AvgIpc) is 2.41. The third-order valence-electron chi connectivity index (χ3n) is 4.39. The molecule has 1 saturated heterocycles. The number of hydrogen-bond donors (Lipinski definition) is 1. The Kier molecular flexibility index (Phi) is 4.79. The van der Waals surface area contributed by atoms with Crippen LogP contribution in [0, 0.1) is 11.8 Å². The molecule has 1 fully saturated rings. The summed E-state index contributed by atoms with van der Waals surface area (Å²) in [6.07, 6.45) is 2.41. The normalized spacial score (nSPS) is 25.3. The van der Waals surface area contributed by atoms with E-state index in [1.165, 1.54) is 24.1 Å². The number of hydrogen-bond acceptors (Lipinski definition) is 2. The highest BCUT2D eigenvalue weighted by Crippen LogP contribution is 2.24.